The first-order valence-electron chi connectivity index (χ1n) is 12.5. The van der Waals surface area contributed by atoms with Crippen molar-refractivity contribution in [2.45, 2.75) is 64.2 Å². The van der Waals surface area contributed by atoms with Crippen molar-refractivity contribution in [1.82, 2.24) is 9.47 Å². The Hall–Kier alpha value is -3.38. The molecule has 1 aromatic heterocycles. The molecule has 1 fully saturated rings. The molecule has 3 rings (SSSR count). The van der Waals surface area contributed by atoms with E-state index in [-0.39, 0.29) is 18.0 Å². The fourth-order valence-corrected chi connectivity index (χ4v) is 4.81. The molecule has 2 atom stereocenters. The number of benzene rings is 1. The smallest absolute Gasteiger partial charge is 0.411 e. The van der Waals surface area contributed by atoms with E-state index in [0.29, 0.717) is 18.5 Å². The predicted octanol–water partition coefficient (Wildman–Crippen LogP) is 5.93. The molecule has 0 spiro atoms. The van der Waals surface area contributed by atoms with Crippen molar-refractivity contribution in [2.75, 3.05) is 6.54 Å². The summed E-state index contributed by atoms with van der Waals surface area (Å²) >= 11 is 0. The van der Waals surface area contributed by atoms with Crippen LogP contribution in [0.1, 0.15) is 58.6 Å². The van der Waals surface area contributed by atoms with E-state index in [1.165, 1.54) is 4.57 Å². The monoisotopic (exact) mass is 490 g/mol. The Morgan fingerprint density at radius 2 is 1.89 bits per heavy atom. The number of nitrogens with zero attached hydrogens (tertiary/aromatic N) is 2. The average molecular weight is 491 g/mol. The van der Waals surface area contributed by atoms with Gasteiger partial charge in [-0.25, -0.2) is 4.79 Å². The van der Waals surface area contributed by atoms with Gasteiger partial charge < -0.3 is 19.3 Å². The van der Waals surface area contributed by atoms with E-state index in [0.717, 1.165) is 23.1 Å². The summed E-state index contributed by atoms with van der Waals surface area (Å²) in [4.78, 5) is 27.1. The molecule has 36 heavy (non-hydrogen) atoms. The van der Waals surface area contributed by atoms with Crippen molar-refractivity contribution in [3.05, 3.63) is 95.0 Å². The summed E-state index contributed by atoms with van der Waals surface area (Å²) in [6, 6.07) is 11.4. The van der Waals surface area contributed by atoms with Gasteiger partial charge in [0.1, 0.15) is 5.60 Å². The van der Waals surface area contributed by atoms with Gasteiger partial charge in [0.05, 0.1) is 11.6 Å². The summed E-state index contributed by atoms with van der Waals surface area (Å²) in [6.45, 7) is 12.1. The molecule has 2 unspecified atom stereocenters. The second kappa shape index (κ2) is 11.1. The van der Waals surface area contributed by atoms with Crippen molar-refractivity contribution in [3.63, 3.8) is 0 Å². The Morgan fingerprint density at radius 1 is 1.19 bits per heavy atom. The van der Waals surface area contributed by atoms with E-state index in [1.54, 1.807) is 38.1 Å². The van der Waals surface area contributed by atoms with E-state index < -0.39 is 17.3 Å². The third kappa shape index (κ3) is 6.24. The zero-order valence-electron chi connectivity index (χ0n) is 22.0. The first-order valence-corrected chi connectivity index (χ1v) is 12.5. The quantitative estimate of drug-likeness (QED) is 0.442. The van der Waals surface area contributed by atoms with Crippen LogP contribution in [0.25, 0.3) is 11.1 Å². The molecule has 6 heteroatoms. The molecule has 1 aliphatic heterocycles. The molecule has 2 heterocycles. The largest absolute Gasteiger partial charge is 0.438 e. The topological polar surface area (TPSA) is 71.8 Å². The third-order valence-electron chi connectivity index (χ3n) is 6.67. The molecule has 0 saturated carbocycles. The minimum absolute atomic E-state index is 0.0595. The van der Waals surface area contributed by atoms with Gasteiger partial charge in [-0.15, -0.1) is 0 Å². The lowest BCUT2D eigenvalue weighted by Gasteiger charge is -2.46. The Labute approximate surface area is 214 Å². The number of carbonyl (C=O) groups excluding carboxylic acids is 1. The summed E-state index contributed by atoms with van der Waals surface area (Å²) in [5.74, 6) is 0. The van der Waals surface area contributed by atoms with Crippen LogP contribution in [0.3, 0.4) is 0 Å². The van der Waals surface area contributed by atoms with Crippen LogP contribution in [0.2, 0.25) is 0 Å². The molecule has 1 amide bonds. The normalized spacial score (nSPS) is 19.6. The molecular formula is C30H38N2O4. The SMILES string of the molecule is C=C(C=CC=CC)C1(CC(C)(C)O)CCN(C(CC)c2ccc(-c3ccn(C)c(=O)c3)cc2)C(=O)O1. The van der Waals surface area contributed by atoms with Gasteiger partial charge in [-0.1, -0.05) is 62.1 Å². The maximum absolute atomic E-state index is 13.4. The highest BCUT2D eigenvalue weighted by Gasteiger charge is 2.46. The number of aromatic nitrogens is 1. The number of hydrogen-bond donors (Lipinski definition) is 1. The van der Waals surface area contributed by atoms with Crippen LogP contribution in [0.5, 0.6) is 0 Å². The van der Waals surface area contributed by atoms with E-state index in [1.807, 2.05) is 68.5 Å². The molecule has 0 radical (unpaired) electrons. The van der Waals surface area contributed by atoms with Gasteiger partial charge in [-0.3, -0.25) is 4.79 Å². The zero-order chi connectivity index (χ0) is 26.5. The number of ether oxygens (including phenoxy) is 1. The molecule has 0 aliphatic carbocycles. The minimum Gasteiger partial charge on any atom is -0.438 e. The van der Waals surface area contributed by atoms with Crippen LogP contribution >= 0.6 is 0 Å². The van der Waals surface area contributed by atoms with Crippen LogP contribution in [0, 0.1) is 0 Å². The highest BCUT2D eigenvalue weighted by Crippen LogP contribution is 2.40. The van der Waals surface area contributed by atoms with Gasteiger partial charge in [0.25, 0.3) is 5.56 Å². The first-order chi connectivity index (χ1) is 17.0. The average Bonchev–Trinajstić information content (AvgIpc) is 2.82. The maximum Gasteiger partial charge on any atom is 0.411 e. The lowest BCUT2D eigenvalue weighted by Crippen LogP contribution is -2.53. The van der Waals surface area contributed by atoms with Crippen LogP contribution in [-0.2, 0) is 11.8 Å². The van der Waals surface area contributed by atoms with Crippen molar-refractivity contribution >= 4 is 6.09 Å². The molecule has 1 N–H and O–H groups in total. The number of amides is 1. The van der Waals surface area contributed by atoms with E-state index >= 15 is 0 Å². The maximum atomic E-state index is 13.4. The second-order valence-electron chi connectivity index (χ2n) is 10.1. The molecule has 6 nitrogen and oxygen atoms in total. The summed E-state index contributed by atoms with van der Waals surface area (Å²) < 4.78 is 7.63. The third-order valence-corrected chi connectivity index (χ3v) is 6.67. The highest BCUT2D eigenvalue weighted by atomic mass is 16.6. The predicted molar refractivity (Wildman–Crippen MR) is 145 cm³/mol. The van der Waals surface area contributed by atoms with Crippen LogP contribution in [-0.4, -0.2) is 38.4 Å². The number of aliphatic hydroxyl groups is 1. The lowest BCUT2D eigenvalue weighted by molar-refractivity contribution is -0.0756. The number of allylic oxidation sites excluding steroid dienone is 3. The molecule has 2 aromatic rings. The lowest BCUT2D eigenvalue weighted by atomic mass is 9.80. The Bertz CT molecular complexity index is 1200. The summed E-state index contributed by atoms with van der Waals surface area (Å²) in [6.07, 6.45) is 10.4. The van der Waals surface area contributed by atoms with E-state index in [9.17, 15) is 14.7 Å². The van der Waals surface area contributed by atoms with Gasteiger partial charge in [-0.05, 0) is 55.5 Å². The molecule has 192 valence electrons. The van der Waals surface area contributed by atoms with Gasteiger partial charge in [-0.2, -0.15) is 0 Å². The molecule has 0 bridgehead atoms. The number of carbonyl (C=O) groups is 1. The Kier molecular flexibility index (Phi) is 8.41. The zero-order valence-corrected chi connectivity index (χ0v) is 22.0. The molecule has 1 aliphatic rings. The molecular weight excluding hydrogens is 452 g/mol. The number of cyclic esters (lactones) is 1. The van der Waals surface area contributed by atoms with Crippen LogP contribution < -0.4 is 5.56 Å². The van der Waals surface area contributed by atoms with Gasteiger partial charge in [0.15, 0.2) is 0 Å². The molecule has 1 aromatic carbocycles. The number of rotatable bonds is 9. The van der Waals surface area contributed by atoms with Crippen molar-refractivity contribution < 1.29 is 14.6 Å². The van der Waals surface area contributed by atoms with Crippen molar-refractivity contribution in [3.8, 4) is 11.1 Å². The number of hydrogen-bond acceptors (Lipinski definition) is 4. The van der Waals surface area contributed by atoms with Crippen molar-refractivity contribution in [2.24, 2.45) is 7.05 Å². The number of pyridine rings is 1. The van der Waals surface area contributed by atoms with Gasteiger partial charge in [0, 0.05) is 38.7 Å². The second-order valence-corrected chi connectivity index (χ2v) is 10.1. The fourth-order valence-electron chi connectivity index (χ4n) is 4.81. The fraction of sp³-hybridized carbons (Fsp3) is 0.400. The van der Waals surface area contributed by atoms with Crippen LogP contribution in [0.4, 0.5) is 4.79 Å². The number of aryl methyl sites for hydroxylation is 1. The Balaban J connectivity index is 1.83. The summed E-state index contributed by atoms with van der Waals surface area (Å²) in [5, 5.41) is 10.6. The Morgan fingerprint density at radius 3 is 2.44 bits per heavy atom. The van der Waals surface area contributed by atoms with Crippen molar-refractivity contribution in [1.29, 1.82) is 0 Å². The summed E-state index contributed by atoms with van der Waals surface area (Å²) in [5.41, 5.74) is 1.42. The van der Waals surface area contributed by atoms with Crippen LogP contribution in [0.15, 0.2) is 83.8 Å². The van der Waals surface area contributed by atoms with Gasteiger partial charge >= 0.3 is 6.09 Å². The van der Waals surface area contributed by atoms with E-state index in [4.69, 9.17) is 4.74 Å². The standard InChI is InChI=1S/C30H38N2O4/c1-7-9-10-11-22(3)30(21-29(4,5)35)17-19-32(28(34)36-30)26(8-2)24-14-12-23(13-15-24)25-16-18-31(6)27(33)20-25/h7,9-16,18,20,26,35H,3,8,17,19,21H2,1-2,4-6H3. The minimum atomic E-state index is -1.03. The molecule has 1 saturated heterocycles. The summed E-state index contributed by atoms with van der Waals surface area (Å²) in [7, 11) is 1.73. The first kappa shape index (κ1) is 27.2. The van der Waals surface area contributed by atoms with Gasteiger partial charge in [0.2, 0.25) is 0 Å². The van der Waals surface area contributed by atoms with E-state index in [2.05, 4.69) is 6.58 Å². The highest BCUT2D eigenvalue weighted by molar-refractivity contribution is 5.71.